The van der Waals surface area contributed by atoms with Crippen LogP contribution < -0.4 is 4.74 Å². The summed E-state index contributed by atoms with van der Waals surface area (Å²) in [5.74, 6) is 0.0660. The van der Waals surface area contributed by atoms with Gasteiger partial charge >= 0.3 is 5.97 Å². The minimum absolute atomic E-state index is 0.539. The predicted octanol–water partition coefficient (Wildman–Crippen LogP) is 2.33. The van der Waals surface area contributed by atoms with Gasteiger partial charge in [0.25, 0.3) is 0 Å². The van der Waals surface area contributed by atoms with Crippen LogP contribution in [0.4, 0.5) is 0 Å². The van der Waals surface area contributed by atoms with E-state index >= 15 is 0 Å². The Morgan fingerprint density at radius 1 is 1.42 bits per heavy atom. The summed E-state index contributed by atoms with van der Waals surface area (Å²) in [5, 5.41) is 9.85. The van der Waals surface area contributed by atoms with E-state index in [1.54, 1.807) is 13.4 Å². The molecule has 0 atom stereocenters. The van der Waals surface area contributed by atoms with Gasteiger partial charge in [0, 0.05) is 18.4 Å². The molecular formula is C18H23N3O3. The van der Waals surface area contributed by atoms with Crippen LogP contribution in [0.1, 0.15) is 24.1 Å². The molecular weight excluding hydrogens is 306 g/mol. The van der Waals surface area contributed by atoms with Crippen molar-refractivity contribution in [3.8, 4) is 5.75 Å². The van der Waals surface area contributed by atoms with Gasteiger partial charge in [-0.15, -0.1) is 0 Å². The van der Waals surface area contributed by atoms with Crippen LogP contribution in [0.5, 0.6) is 5.75 Å². The number of benzene rings is 1. The first-order valence-electron chi connectivity index (χ1n) is 8.17. The number of hydrogen-bond acceptors (Lipinski definition) is 4. The van der Waals surface area contributed by atoms with Crippen molar-refractivity contribution >= 4 is 5.97 Å². The molecule has 24 heavy (non-hydrogen) atoms. The van der Waals surface area contributed by atoms with E-state index in [4.69, 9.17) is 4.74 Å². The highest BCUT2D eigenvalue weighted by atomic mass is 16.5. The first-order chi connectivity index (χ1) is 11.6. The monoisotopic (exact) mass is 329 g/mol. The zero-order valence-electron chi connectivity index (χ0n) is 13.9. The minimum Gasteiger partial charge on any atom is -0.497 e. The number of methoxy groups -OCH3 is 1. The molecule has 0 bridgehead atoms. The second-order valence-corrected chi connectivity index (χ2v) is 6.47. The van der Waals surface area contributed by atoms with Crippen molar-refractivity contribution in [2.45, 2.75) is 25.8 Å². The first kappa shape index (κ1) is 16.5. The number of piperidine rings is 1. The van der Waals surface area contributed by atoms with Crippen LogP contribution in [0, 0.1) is 5.41 Å². The summed E-state index contributed by atoms with van der Waals surface area (Å²) in [5.41, 5.74) is 1.38. The average molecular weight is 329 g/mol. The maximum Gasteiger partial charge on any atom is 0.310 e. The fraction of sp³-hybridized carbons (Fsp3) is 0.444. The number of carboxylic acid groups (broad SMARTS) is 1. The largest absolute Gasteiger partial charge is 0.497 e. The number of aromatic amines is 1. The number of nitrogens with one attached hydrogen (secondary N) is 1. The Balaban J connectivity index is 1.68. The van der Waals surface area contributed by atoms with E-state index in [2.05, 4.69) is 14.9 Å². The first-order valence-corrected chi connectivity index (χ1v) is 8.17. The van der Waals surface area contributed by atoms with Crippen molar-refractivity contribution in [2.24, 2.45) is 5.41 Å². The fourth-order valence-corrected chi connectivity index (χ4v) is 3.39. The molecule has 0 unspecified atom stereocenters. The smallest absolute Gasteiger partial charge is 0.310 e. The average Bonchev–Trinajstić information content (AvgIpc) is 3.10. The third kappa shape index (κ3) is 3.59. The Hall–Kier alpha value is -2.34. The number of aromatic nitrogens is 2. The Bertz CT molecular complexity index is 677. The van der Waals surface area contributed by atoms with Crippen molar-refractivity contribution in [2.75, 3.05) is 20.2 Å². The molecule has 0 aliphatic carbocycles. The highest BCUT2D eigenvalue weighted by Gasteiger charge is 2.41. The summed E-state index contributed by atoms with van der Waals surface area (Å²) < 4.78 is 5.25. The summed E-state index contributed by atoms with van der Waals surface area (Å²) in [6.45, 7) is 2.33. The van der Waals surface area contributed by atoms with Crippen molar-refractivity contribution in [1.29, 1.82) is 0 Å². The summed E-state index contributed by atoms with van der Waals surface area (Å²) in [6, 6.07) is 7.70. The second-order valence-electron chi connectivity index (χ2n) is 6.47. The van der Waals surface area contributed by atoms with Crippen LogP contribution in [0.2, 0.25) is 0 Å². The number of hydrogen-bond donors (Lipinski definition) is 2. The Kier molecular flexibility index (Phi) is 4.85. The maximum atomic E-state index is 12.0. The lowest BCUT2D eigenvalue weighted by Crippen LogP contribution is -2.45. The van der Waals surface area contributed by atoms with E-state index in [1.165, 1.54) is 0 Å². The summed E-state index contributed by atoms with van der Waals surface area (Å²) in [7, 11) is 1.63. The molecule has 6 heteroatoms. The highest BCUT2D eigenvalue weighted by Crippen LogP contribution is 2.36. The van der Waals surface area contributed by atoms with Gasteiger partial charge in [0.15, 0.2) is 0 Å². The van der Waals surface area contributed by atoms with Crippen molar-refractivity contribution in [1.82, 2.24) is 14.9 Å². The Morgan fingerprint density at radius 2 is 2.21 bits per heavy atom. The number of carboxylic acids is 1. The standard InChI is InChI=1S/C18H23N3O3/c1-24-16-4-2-3-14(9-16)10-18(17(22)23)5-7-21(8-6-18)12-15-11-19-13-20-15/h2-4,9,11,13H,5-8,10,12H2,1H3,(H,19,20)(H,22,23). The lowest BCUT2D eigenvalue weighted by Gasteiger charge is -2.39. The molecule has 0 amide bonds. The number of carbonyl (C=O) groups is 1. The van der Waals surface area contributed by atoms with Gasteiger partial charge in [-0.25, -0.2) is 4.98 Å². The van der Waals surface area contributed by atoms with E-state index in [9.17, 15) is 9.90 Å². The van der Waals surface area contributed by atoms with Crippen molar-refractivity contribution < 1.29 is 14.6 Å². The molecule has 0 saturated carbocycles. The number of rotatable bonds is 6. The molecule has 3 rings (SSSR count). The van der Waals surface area contributed by atoms with E-state index < -0.39 is 11.4 Å². The minimum atomic E-state index is -0.702. The summed E-state index contributed by atoms with van der Waals surface area (Å²) in [6.07, 6.45) is 5.32. The molecule has 2 N–H and O–H groups in total. The van der Waals surface area contributed by atoms with Crippen molar-refractivity contribution in [3.63, 3.8) is 0 Å². The predicted molar refractivity (Wildman–Crippen MR) is 89.9 cm³/mol. The fourth-order valence-electron chi connectivity index (χ4n) is 3.39. The molecule has 1 fully saturated rings. The molecule has 1 aliphatic rings. The van der Waals surface area contributed by atoms with Gasteiger partial charge in [-0.2, -0.15) is 0 Å². The van der Waals surface area contributed by atoms with Crippen LogP contribution in [0.15, 0.2) is 36.8 Å². The van der Waals surface area contributed by atoms with E-state index in [-0.39, 0.29) is 0 Å². The Morgan fingerprint density at radius 3 is 2.83 bits per heavy atom. The number of ether oxygens (including phenoxy) is 1. The van der Waals surface area contributed by atoms with Gasteiger partial charge in [-0.1, -0.05) is 12.1 Å². The highest BCUT2D eigenvalue weighted by molar-refractivity contribution is 5.75. The molecule has 128 valence electrons. The second kappa shape index (κ2) is 7.05. The molecule has 0 radical (unpaired) electrons. The van der Waals surface area contributed by atoms with Crippen molar-refractivity contribution in [3.05, 3.63) is 48.0 Å². The number of imidazole rings is 1. The SMILES string of the molecule is COc1cccc(CC2(C(=O)O)CCN(Cc3cnc[nH]3)CC2)c1. The molecule has 2 aromatic rings. The quantitative estimate of drug-likeness (QED) is 0.850. The van der Waals surface area contributed by atoms with Gasteiger partial charge in [-0.05, 0) is 50.0 Å². The molecule has 2 heterocycles. The number of H-pyrrole nitrogens is 1. The third-order valence-corrected chi connectivity index (χ3v) is 4.89. The zero-order valence-corrected chi connectivity index (χ0v) is 13.9. The van der Waals surface area contributed by atoms with E-state index in [0.717, 1.165) is 36.6 Å². The molecule has 1 aromatic heterocycles. The number of aliphatic carboxylic acids is 1. The molecule has 0 spiro atoms. The maximum absolute atomic E-state index is 12.0. The lowest BCUT2D eigenvalue weighted by atomic mass is 9.74. The molecule has 1 saturated heterocycles. The third-order valence-electron chi connectivity index (χ3n) is 4.89. The van der Waals surface area contributed by atoms with Crippen LogP contribution in [-0.4, -0.2) is 46.1 Å². The van der Waals surface area contributed by atoms with Crippen LogP contribution in [-0.2, 0) is 17.8 Å². The van der Waals surface area contributed by atoms with Crippen LogP contribution in [0.25, 0.3) is 0 Å². The lowest BCUT2D eigenvalue weighted by molar-refractivity contribution is -0.152. The Labute approximate surface area is 141 Å². The van der Waals surface area contributed by atoms with Gasteiger partial charge < -0.3 is 14.8 Å². The van der Waals surface area contributed by atoms with Gasteiger partial charge in [0.05, 0.1) is 18.9 Å². The topological polar surface area (TPSA) is 78.5 Å². The number of nitrogens with zero attached hydrogens (tertiary/aromatic N) is 2. The van der Waals surface area contributed by atoms with E-state index in [0.29, 0.717) is 19.3 Å². The van der Waals surface area contributed by atoms with Gasteiger partial charge in [0.1, 0.15) is 5.75 Å². The van der Waals surface area contributed by atoms with E-state index in [1.807, 2.05) is 30.5 Å². The molecule has 1 aliphatic heterocycles. The zero-order chi connectivity index (χ0) is 17.0. The molecule has 1 aromatic carbocycles. The van der Waals surface area contributed by atoms with Gasteiger partial charge in [-0.3, -0.25) is 9.69 Å². The summed E-state index contributed by atoms with van der Waals surface area (Å²) >= 11 is 0. The van der Waals surface area contributed by atoms with Crippen LogP contribution >= 0.6 is 0 Å². The summed E-state index contributed by atoms with van der Waals surface area (Å²) in [4.78, 5) is 21.4. The normalized spacial score (nSPS) is 17.5. The number of likely N-dealkylation sites (tertiary alicyclic amines) is 1. The van der Waals surface area contributed by atoms with Gasteiger partial charge in [0.2, 0.25) is 0 Å². The van der Waals surface area contributed by atoms with Crippen LogP contribution in [0.3, 0.4) is 0 Å². The molecule has 6 nitrogen and oxygen atoms in total.